The molecular weight excluding hydrogens is 560 g/mol. The van der Waals surface area contributed by atoms with E-state index in [0.29, 0.717) is 35.7 Å². The molecule has 0 aliphatic carbocycles. The SMILES string of the molecule is CC(C)C=C(C#N)C(=O)N1CCCC1Cn1c(NC(=O)c2ccc(Cl)cc2)nc2cc(CN(C)[C@@H](C)C(C)(C)C)ccc21. The van der Waals surface area contributed by atoms with Gasteiger partial charge in [-0.1, -0.05) is 58.4 Å². The first-order valence-corrected chi connectivity index (χ1v) is 15.4. The Morgan fingerprint density at radius 1 is 1.19 bits per heavy atom. The minimum absolute atomic E-state index is 0.0894. The van der Waals surface area contributed by atoms with Crippen molar-refractivity contribution < 1.29 is 9.59 Å². The normalized spacial score (nSPS) is 16.6. The summed E-state index contributed by atoms with van der Waals surface area (Å²) < 4.78 is 1.99. The van der Waals surface area contributed by atoms with E-state index in [1.807, 2.05) is 24.5 Å². The molecule has 0 radical (unpaired) electrons. The van der Waals surface area contributed by atoms with Crippen LogP contribution in [0.2, 0.25) is 5.02 Å². The van der Waals surface area contributed by atoms with E-state index in [1.165, 1.54) is 0 Å². The number of amides is 2. The number of halogens is 1. The number of hydrogen-bond donors (Lipinski definition) is 1. The number of benzene rings is 2. The van der Waals surface area contributed by atoms with Crippen molar-refractivity contribution in [2.24, 2.45) is 11.3 Å². The molecule has 0 saturated carbocycles. The molecule has 3 aromatic rings. The number of nitrogens with zero attached hydrogens (tertiary/aromatic N) is 5. The Morgan fingerprint density at radius 2 is 1.88 bits per heavy atom. The lowest BCUT2D eigenvalue weighted by Crippen LogP contribution is -2.39. The Balaban J connectivity index is 1.69. The molecule has 2 amide bonds. The van der Waals surface area contributed by atoms with Gasteiger partial charge in [0.05, 0.1) is 17.1 Å². The molecule has 2 atom stereocenters. The molecule has 1 aliphatic rings. The number of imidazole rings is 1. The van der Waals surface area contributed by atoms with Gasteiger partial charge in [-0.2, -0.15) is 5.26 Å². The Hall–Kier alpha value is -3.67. The Morgan fingerprint density at radius 3 is 2.51 bits per heavy atom. The lowest BCUT2D eigenvalue weighted by atomic mass is 9.87. The van der Waals surface area contributed by atoms with Crippen LogP contribution in [0, 0.1) is 22.7 Å². The van der Waals surface area contributed by atoms with Crippen molar-refractivity contribution in [3.05, 3.63) is 70.3 Å². The van der Waals surface area contributed by atoms with Gasteiger partial charge in [-0.3, -0.25) is 19.8 Å². The molecular formula is C34H43ClN6O2. The fourth-order valence-electron chi connectivity index (χ4n) is 5.56. The minimum atomic E-state index is -0.293. The second-order valence-corrected chi connectivity index (χ2v) is 13.5. The van der Waals surface area contributed by atoms with Gasteiger partial charge in [0.25, 0.3) is 11.8 Å². The van der Waals surface area contributed by atoms with E-state index >= 15 is 0 Å². The van der Waals surface area contributed by atoms with Gasteiger partial charge in [-0.15, -0.1) is 0 Å². The Bertz CT molecular complexity index is 1540. The van der Waals surface area contributed by atoms with E-state index in [9.17, 15) is 14.9 Å². The number of hydrogen-bond acceptors (Lipinski definition) is 5. The lowest BCUT2D eigenvalue weighted by molar-refractivity contribution is -0.127. The summed E-state index contributed by atoms with van der Waals surface area (Å²) in [7, 11) is 2.13. The van der Waals surface area contributed by atoms with Gasteiger partial charge in [-0.25, -0.2) is 4.98 Å². The molecule has 1 unspecified atom stereocenters. The molecule has 0 spiro atoms. The van der Waals surface area contributed by atoms with Crippen LogP contribution >= 0.6 is 11.6 Å². The van der Waals surface area contributed by atoms with Gasteiger partial charge < -0.3 is 9.47 Å². The first-order valence-electron chi connectivity index (χ1n) is 15.0. The third kappa shape index (κ3) is 7.65. The van der Waals surface area contributed by atoms with Crippen LogP contribution in [0.1, 0.15) is 70.3 Å². The van der Waals surface area contributed by atoms with Gasteiger partial charge in [0.15, 0.2) is 0 Å². The number of fused-ring (bicyclic) bond motifs is 1. The van der Waals surface area contributed by atoms with Crippen LogP contribution in [0.3, 0.4) is 0 Å². The molecule has 4 rings (SSSR count). The van der Waals surface area contributed by atoms with Crippen LogP contribution in [0.5, 0.6) is 0 Å². The standard InChI is InChI=1S/C34H43ClN6O2/c1-22(2)17-26(19-36)32(43)40-16-8-9-28(40)21-41-30-15-10-24(20-39(7)23(3)34(4,5)6)18-29(30)37-33(41)38-31(42)25-11-13-27(35)14-12-25/h10-15,17-18,22-23,28H,8-9,16,20-21H2,1-7H3,(H,37,38,42)/t23-,28?/m0/s1. The van der Waals surface area contributed by atoms with Crippen molar-refractivity contribution in [1.82, 2.24) is 19.4 Å². The Kier molecular flexibility index (Phi) is 9.99. The van der Waals surface area contributed by atoms with Crippen LogP contribution in [0.15, 0.2) is 54.1 Å². The summed E-state index contributed by atoms with van der Waals surface area (Å²) in [6.07, 6.45) is 3.36. The highest BCUT2D eigenvalue weighted by Crippen LogP contribution is 2.29. The number of rotatable bonds is 9. The van der Waals surface area contributed by atoms with Crippen LogP contribution in [-0.2, 0) is 17.9 Å². The topological polar surface area (TPSA) is 94.3 Å². The summed E-state index contributed by atoms with van der Waals surface area (Å²) in [5.74, 6) is -0.0288. The molecule has 1 aliphatic heterocycles. The highest BCUT2D eigenvalue weighted by molar-refractivity contribution is 6.30. The van der Waals surface area contributed by atoms with Gasteiger partial charge in [0.2, 0.25) is 5.95 Å². The number of nitriles is 1. The number of likely N-dealkylation sites (tertiary alicyclic amines) is 1. The monoisotopic (exact) mass is 602 g/mol. The summed E-state index contributed by atoms with van der Waals surface area (Å²) in [5, 5.41) is 13.2. The quantitative estimate of drug-likeness (QED) is 0.212. The summed E-state index contributed by atoms with van der Waals surface area (Å²) in [4.78, 5) is 35.7. The predicted molar refractivity (Wildman–Crippen MR) is 173 cm³/mol. The number of anilines is 1. The van der Waals surface area contributed by atoms with Gasteiger partial charge in [0, 0.05) is 36.3 Å². The van der Waals surface area contributed by atoms with E-state index in [0.717, 1.165) is 36.0 Å². The summed E-state index contributed by atoms with van der Waals surface area (Å²) in [5.41, 5.74) is 3.55. The largest absolute Gasteiger partial charge is 0.333 e. The third-order valence-electron chi connectivity index (χ3n) is 8.37. The molecule has 1 fully saturated rings. The van der Waals surface area contributed by atoms with Crippen molar-refractivity contribution >= 4 is 40.4 Å². The number of aromatic nitrogens is 2. The molecule has 43 heavy (non-hydrogen) atoms. The second-order valence-electron chi connectivity index (χ2n) is 13.0. The highest BCUT2D eigenvalue weighted by Gasteiger charge is 2.32. The smallest absolute Gasteiger partial charge is 0.264 e. The zero-order chi connectivity index (χ0) is 31.5. The molecule has 1 aromatic heterocycles. The van der Waals surface area contributed by atoms with Crippen LogP contribution in [0.4, 0.5) is 5.95 Å². The summed E-state index contributed by atoms with van der Waals surface area (Å²) >= 11 is 6.04. The summed E-state index contributed by atoms with van der Waals surface area (Å²) in [6, 6.07) is 15.3. The zero-order valence-electron chi connectivity index (χ0n) is 26.3. The van der Waals surface area contributed by atoms with E-state index < -0.39 is 0 Å². The second kappa shape index (κ2) is 13.3. The number of carbonyl (C=O) groups excluding carboxylic acids is 2. The van der Waals surface area contributed by atoms with Crippen molar-refractivity contribution in [2.45, 2.75) is 79.6 Å². The van der Waals surface area contributed by atoms with Gasteiger partial charge >= 0.3 is 0 Å². The lowest BCUT2D eigenvalue weighted by Gasteiger charge is -2.35. The predicted octanol–water partition coefficient (Wildman–Crippen LogP) is 6.91. The van der Waals surface area contributed by atoms with Crippen LogP contribution in [0.25, 0.3) is 11.0 Å². The minimum Gasteiger partial charge on any atom is -0.333 e. The number of nitrogens with one attached hydrogen (secondary N) is 1. The maximum absolute atomic E-state index is 13.4. The maximum atomic E-state index is 13.4. The first kappa shape index (κ1) is 32.2. The molecule has 1 N–H and O–H groups in total. The molecule has 228 valence electrons. The molecule has 1 saturated heterocycles. The molecule has 0 bridgehead atoms. The van der Waals surface area contributed by atoms with Crippen molar-refractivity contribution in [2.75, 3.05) is 18.9 Å². The van der Waals surface area contributed by atoms with Gasteiger partial charge in [-0.05, 0) is 80.1 Å². The van der Waals surface area contributed by atoms with E-state index in [2.05, 4.69) is 63.2 Å². The molecule has 8 nitrogen and oxygen atoms in total. The van der Waals surface area contributed by atoms with Crippen molar-refractivity contribution in [3.63, 3.8) is 0 Å². The molecule has 9 heteroatoms. The number of carbonyl (C=O) groups is 2. The maximum Gasteiger partial charge on any atom is 0.264 e. The van der Waals surface area contributed by atoms with Crippen molar-refractivity contribution in [3.8, 4) is 6.07 Å². The summed E-state index contributed by atoms with van der Waals surface area (Å²) in [6.45, 7) is 14.7. The fraction of sp³-hybridized carbons (Fsp3) is 0.471. The zero-order valence-corrected chi connectivity index (χ0v) is 27.1. The van der Waals surface area contributed by atoms with E-state index in [1.54, 1.807) is 35.2 Å². The molecule has 2 aromatic carbocycles. The van der Waals surface area contributed by atoms with Crippen LogP contribution in [-0.4, -0.2) is 56.8 Å². The Labute approximate surface area is 260 Å². The number of allylic oxidation sites excluding steroid dienone is 1. The third-order valence-corrected chi connectivity index (χ3v) is 8.63. The highest BCUT2D eigenvalue weighted by atomic mass is 35.5. The van der Waals surface area contributed by atoms with E-state index in [4.69, 9.17) is 16.6 Å². The fourth-order valence-corrected chi connectivity index (χ4v) is 5.69. The van der Waals surface area contributed by atoms with E-state index in [-0.39, 0.29) is 34.8 Å². The van der Waals surface area contributed by atoms with Crippen LogP contribution < -0.4 is 5.32 Å². The van der Waals surface area contributed by atoms with Gasteiger partial charge in [0.1, 0.15) is 11.6 Å². The average Bonchev–Trinajstić information content (AvgIpc) is 3.54. The average molecular weight is 603 g/mol. The first-order chi connectivity index (χ1) is 20.3. The molecule has 2 heterocycles. The van der Waals surface area contributed by atoms with Crippen molar-refractivity contribution in [1.29, 1.82) is 5.26 Å².